The van der Waals surface area contributed by atoms with Crippen LogP contribution in [0, 0.1) is 13.8 Å². The van der Waals surface area contributed by atoms with Gasteiger partial charge in [0.1, 0.15) is 5.82 Å². The number of benzene rings is 1. The molecule has 7 nitrogen and oxygen atoms in total. The van der Waals surface area contributed by atoms with Gasteiger partial charge in [-0.25, -0.2) is 4.98 Å². The Hall–Kier alpha value is -2.35. The van der Waals surface area contributed by atoms with Crippen LogP contribution in [0.3, 0.4) is 0 Å². The maximum Gasteiger partial charge on any atom is 0.277 e. The van der Waals surface area contributed by atoms with Crippen LogP contribution in [-0.2, 0) is 11.3 Å². The normalized spacial score (nSPS) is 11.0. The number of rotatable bonds is 5. The van der Waals surface area contributed by atoms with Gasteiger partial charge in [0.05, 0.1) is 23.3 Å². The summed E-state index contributed by atoms with van der Waals surface area (Å²) in [5, 5.41) is 10.7. The summed E-state index contributed by atoms with van der Waals surface area (Å²) in [5.74, 6) is 1.33. The zero-order valence-electron chi connectivity index (χ0n) is 12.2. The van der Waals surface area contributed by atoms with E-state index in [1.807, 2.05) is 25.1 Å². The molecule has 0 aliphatic rings. The van der Waals surface area contributed by atoms with Crippen molar-refractivity contribution in [1.82, 2.24) is 25.5 Å². The fourth-order valence-electron chi connectivity index (χ4n) is 1.96. The largest absolute Gasteiger partial charge is 0.416 e. The van der Waals surface area contributed by atoms with E-state index in [0.29, 0.717) is 17.7 Å². The van der Waals surface area contributed by atoms with Crippen molar-refractivity contribution in [2.75, 3.05) is 5.75 Å². The van der Waals surface area contributed by atoms with Gasteiger partial charge in [0.25, 0.3) is 5.22 Å². The van der Waals surface area contributed by atoms with Crippen LogP contribution >= 0.6 is 11.8 Å². The van der Waals surface area contributed by atoms with Crippen LogP contribution in [-0.4, -0.2) is 31.8 Å². The Labute approximate surface area is 130 Å². The van der Waals surface area contributed by atoms with Crippen LogP contribution in [0.15, 0.2) is 27.8 Å². The number of hydrogen-bond donors (Lipinski definition) is 2. The second-order valence-electron chi connectivity index (χ2n) is 4.86. The lowest BCUT2D eigenvalue weighted by atomic mass is 10.2. The molecule has 0 saturated heterocycles. The highest BCUT2D eigenvalue weighted by Gasteiger charge is 2.09. The van der Waals surface area contributed by atoms with E-state index in [0.717, 1.165) is 22.4 Å². The molecular formula is C14H15N5O2S. The average Bonchev–Trinajstić information content (AvgIpc) is 3.08. The summed E-state index contributed by atoms with van der Waals surface area (Å²) in [5.41, 5.74) is 3.03. The fraction of sp³-hybridized carbons (Fsp3) is 0.286. The van der Waals surface area contributed by atoms with E-state index in [1.54, 1.807) is 6.92 Å². The van der Waals surface area contributed by atoms with Gasteiger partial charge in [-0.2, -0.15) is 0 Å². The molecule has 0 spiro atoms. The lowest BCUT2D eigenvalue weighted by Gasteiger charge is -2.01. The Balaban J connectivity index is 1.53. The van der Waals surface area contributed by atoms with Gasteiger partial charge >= 0.3 is 0 Å². The van der Waals surface area contributed by atoms with E-state index in [4.69, 9.17) is 4.42 Å². The quantitative estimate of drug-likeness (QED) is 0.698. The predicted molar refractivity (Wildman–Crippen MR) is 82.4 cm³/mol. The molecule has 3 aromatic rings. The molecule has 0 aliphatic heterocycles. The standard InChI is InChI=1S/C14H15N5O2S/c1-8-3-4-10-11(5-8)17-12(16-10)6-15-13(20)7-22-14-19-18-9(2)21-14/h3-5H,6-7H2,1-2H3,(H,15,20)(H,16,17). The van der Waals surface area contributed by atoms with E-state index in [2.05, 4.69) is 25.5 Å². The first kappa shape index (κ1) is 14.6. The van der Waals surface area contributed by atoms with E-state index in [-0.39, 0.29) is 11.7 Å². The van der Waals surface area contributed by atoms with Crippen molar-refractivity contribution in [2.24, 2.45) is 0 Å². The minimum Gasteiger partial charge on any atom is -0.416 e. The molecule has 0 atom stereocenters. The van der Waals surface area contributed by atoms with Crippen molar-refractivity contribution in [3.05, 3.63) is 35.5 Å². The Bertz CT molecular complexity index is 811. The van der Waals surface area contributed by atoms with Crippen molar-refractivity contribution >= 4 is 28.7 Å². The third-order valence-corrected chi connectivity index (χ3v) is 3.79. The Morgan fingerprint density at radius 2 is 2.23 bits per heavy atom. The number of amides is 1. The second-order valence-corrected chi connectivity index (χ2v) is 5.78. The molecule has 2 N–H and O–H groups in total. The van der Waals surface area contributed by atoms with E-state index in [1.165, 1.54) is 11.8 Å². The van der Waals surface area contributed by atoms with Gasteiger partial charge < -0.3 is 14.7 Å². The molecule has 0 saturated carbocycles. The van der Waals surface area contributed by atoms with Crippen molar-refractivity contribution in [2.45, 2.75) is 25.6 Å². The van der Waals surface area contributed by atoms with Gasteiger partial charge in [0.2, 0.25) is 11.8 Å². The topological polar surface area (TPSA) is 96.7 Å². The van der Waals surface area contributed by atoms with Crippen molar-refractivity contribution in [3.8, 4) is 0 Å². The minimum atomic E-state index is -0.113. The maximum atomic E-state index is 11.8. The smallest absolute Gasteiger partial charge is 0.277 e. The zero-order valence-corrected chi connectivity index (χ0v) is 13.0. The summed E-state index contributed by atoms with van der Waals surface area (Å²) in [4.78, 5) is 19.4. The number of carbonyl (C=O) groups is 1. The number of imidazole rings is 1. The first-order valence-corrected chi connectivity index (χ1v) is 7.73. The Kier molecular flexibility index (Phi) is 4.10. The maximum absolute atomic E-state index is 11.8. The van der Waals surface area contributed by atoms with Gasteiger partial charge in [0, 0.05) is 6.92 Å². The summed E-state index contributed by atoms with van der Waals surface area (Å²) in [7, 11) is 0. The lowest BCUT2D eigenvalue weighted by Crippen LogP contribution is -2.25. The number of thioether (sulfide) groups is 1. The summed E-state index contributed by atoms with van der Waals surface area (Å²) in [6, 6.07) is 6.00. The van der Waals surface area contributed by atoms with Crippen LogP contribution < -0.4 is 5.32 Å². The third kappa shape index (κ3) is 3.45. The summed E-state index contributed by atoms with van der Waals surface area (Å²) >= 11 is 1.21. The SMILES string of the molecule is Cc1ccc2nc(CNC(=O)CSc3nnc(C)o3)[nH]c2c1. The molecule has 22 heavy (non-hydrogen) atoms. The molecule has 3 rings (SSSR count). The van der Waals surface area contributed by atoms with E-state index >= 15 is 0 Å². The highest BCUT2D eigenvalue weighted by molar-refractivity contribution is 7.99. The van der Waals surface area contributed by atoms with E-state index in [9.17, 15) is 4.79 Å². The van der Waals surface area contributed by atoms with Crippen molar-refractivity contribution in [1.29, 1.82) is 0 Å². The van der Waals surface area contributed by atoms with Gasteiger partial charge in [-0.15, -0.1) is 10.2 Å². The number of carbonyl (C=O) groups excluding carboxylic acids is 1. The zero-order chi connectivity index (χ0) is 15.5. The number of nitrogens with one attached hydrogen (secondary N) is 2. The van der Waals surface area contributed by atoms with Gasteiger partial charge in [0.15, 0.2) is 0 Å². The highest BCUT2D eigenvalue weighted by Crippen LogP contribution is 2.15. The number of aromatic amines is 1. The molecule has 2 heterocycles. The molecule has 8 heteroatoms. The van der Waals surface area contributed by atoms with Crippen LogP contribution in [0.2, 0.25) is 0 Å². The molecule has 0 aliphatic carbocycles. The summed E-state index contributed by atoms with van der Waals surface area (Å²) < 4.78 is 5.19. The Morgan fingerprint density at radius 1 is 1.36 bits per heavy atom. The third-order valence-electron chi connectivity index (χ3n) is 2.97. The number of hydrogen-bond acceptors (Lipinski definition) is 6. The molecule has 1 aromatic carbocycles. The highest BCUT2D eigenvalue weighted by atomic mass is 32.2. The number of H-pyrrole nitrogens is 1. The predicted octanol–water partition coefficient (Wildman–Crippen LogP) is 1.97. The molecule has 0 bridgehead atoms. The molecule has 1 amide bonds. The van der Waals surface area contributed by atoms with Crippen LogP contribution in [0.5, 0.6) is 0 Å². The number of aromatic nitrogens is 4. The molecule has 0 unspecified atom stereocenters. The van der Waals surface area contributed by atoms with Crippen LogP contribution in [0.1, 0.15) is 17.3 Å². The minimum absolute atomic E-state index is 0.113. The van der Waals surface area contributed by atoms with Crippen LogP contribution in [0.4, 0.5) is 0 Å². The molecule has 2 aromatic heterocycles. The second kappa shape index (κ2) is 6.18. The van der Waals surface area contributed by atoms with Gasteiger partial charge in [-0.05, 0) is 24.6 Å². The first-order chi connectivity index (χ1) is 10.6. The number of aryl methyl sites for hydroxylation is 2. The molecule has 0 radical (unpaired) electrons. The number of fused-ring (bicyclic) bond motifs is 1. The van der Waals surface area contributed by atoms with Crippen molar-refractivity contribution < 1.29 is 9.21 Å². The number of nitrogens with zero attached hydrogens (tertiary/aromatic N) is 3. The van der Waals surface area contributed by atoms with Gasteiger partial charge in [-0.1, -0.05) is 17.8 Å². The summed E-state index contributed by atoms with van der Waals surface area (Å²) in [6.45, 7) is 4.09. The fourth-order valence-corrected chi connectivity index (χ4v) is 2.59. The first-order valence-electron chi connectivity index (χ1n) is 6.75. The molecule has 0 fully saturated rings. The van der Waals surface area contributed by atoms with Crippen LogP contribution in [0.25, 0.3) is 11.0 Å². The summed E-state index contributed by atoms with van der Waals surface area (Å²) in [6.07, 6.45) is 0. The monoisotopic (exact) mass is 317 g/mol. The lowest BCUT2D eigenvalue weighted by molar-refractivity contribution is -0.118. The average molecular weight is 317 g/mol. The molecular weight excluding hydrogens is 302 g/mol. The van der Waals surface area contributed by atoms with E-state index < -0.39 is 0 Å². The molecule has 114 valence electrons. The van der Waals surface area contributed by atoms with Gasteiger partial charge in [-0.3, -0.25) is 4.79 Å². The van der Waals surface area contributed by atoms with Crippen molar-refractivity contribution in [3.63, 3.8) is 0 Å². The Morgan fingerprint density at radius 3 is 3.00 bits per heavy atom.